The number of hydrogen-bond donors (Lipinski definition) is 1. The quantitative estimate of drug-likeness (QED) is 0.837. The lowest BCUT2D eigenvalue weighted by atomic mass is 10.1. The van der Waals surface area contributed by atoms with Crippen molar-refractivity contribution in [1.82, 2.24) is 4.98 Å². The van der Waals surface area contributed by atoms with Gasteiger partial charge in [-0.25, -0.2) is 0 Å². The van der Waals surface area contributed by atoms with Crippen LogP contribution < -0.4 is 5.73 Å². The second-order valence-corrected chi connectivity index (χ2v) is 4.06. The summed E-state index contributed by atoms with van der Waals surface area (Å²) < 4.78 is 6.14. The molecule has 1 aliphatic heterocycles. The molecular weight excluding hydrogens is 244 g/mol. The highest BCUT2D eigenvalue weighted by atomic mass is 79.9. The van der Waals surface area contributed by atoms with E-state index < -0.39 is 0 Å². The van der Waals surface area contributed by atoms with E-state index in [1.165, 1.54) is 5.57 Å². The maximum Gasteiger partial charge on any atom is 0.0890 e. The van der Waals surface area contributed by atoms with Gasteiger partial charge in [-0.15, -0.1) is 0 Å². The number of hydrogen-bond acceptors (Lipinski definition) is 3. The van der Waals surface area contributed by atoms with Gasteiger partial charge in [0.25, 0.3) is 0 Å². The molecule has 0 aliphatic carbocycles. The molecule has 0 radical (unpaired) electrons. The Morgan fingerprint density at radius 3 is 3.00 bits per heavy atom. The molecule has 2 N–H and O–H groups in total. The molecule has 0 aromatic carbocycles. The topological polar surface area (TPSA) is 48.1 Å². The van der Waals surface area contributed by atoms with Gasteiger partial charge in [-0.1, -0.05) is 6.08 Å². The Bertz CT molecular complexity index is 376. The summed E-state index contributed by atoms with van der Waals surface area (Å²) in [4.78, 5) is 4.31. The summed E-state index contributed by atoms with van der Waals surface area (Å²) in [6, 6.07) is 1.87. The summed E-state index contributed by atoms with van der Waals surface area (Å²) >= 11 is 3.33. The minimum atomic E-state index is 0.659. The first-order valence-electron chi connectivity index (χ1n) is 4.45. The SMILES string of the molecule is Nc1cc(Br)cnc1C1=CCOCC1. The zero-order valence-electron chi connectivity index (χ0n) is 7.66. The molecule has 0 saturated heterocycles. The van der Waals surface area contributed by atoms with Gasteiger partial charge in [0.2, 0.25) is 0 Å². The van der Waals surface area contributed by atoms with E-state index in [1.54, 1.807) is 6.20 Å². The second-order valence-electron chi connectivity index (χ2n) is 3.15. The number of nitrogens with two attached hydrogens (primary N) is 1. The largest absolute Gasteiger partial charge is 0.397 e. The van der Waals surface area contributed by atoms with Gasteiger partial charge in [0.05, 0.1) is 24.6 Å². The molecule has 0 atom stereocenters. The second kappa shape index (κ2) is 4.11. The van der Waals surface area contributed by atoms with Crippen LogP contribution in [0.4, 0.5) is 5.69 Å². The van der Waals surface area contributed by atoms with Gasteiger partial charge in [0, 0.05) is 10.7 Å². The fourth-order valence-corrected chi connectivity index (χ4v) is 1.81. The zero-order chi connectivity index (χ0) is 9.97. The maximum atomic E-state index is 5.88. The highest BCUT2D eigenvalue weighted by Crippen LogP contribution is 2.26. The van der Waals surface area contributed by atoms with Gasteiger partial charge in [-0.2, -0.15) is 0 Å². The van der Waals surface area contributed by atoms with Crippen LogP contribution in [0.3, 0.4) is 0 Å². The molecule has 1 aromatic heterocycles. The van der Waals surface area contributed by atoms with E-state index in [9.17, 15) is 0 Å². The van der Waals surface area contributed by atoms with Crippen LogP contribution in [-0.2, 0) is 4.74 Å². The average molecular weight is 255 g/mol. The summed E-state index contributed by atoms with van der Waals surface area (Å²) in [5.41, 5.74) is 8.66. The van der Waals surface area contributed by atoms with Crippen molar-refractivity contribution in [2.45, 2.75) is 6.42 Å². The lowest BCUT2D eigenvalue weighted by molar-refractivity contribution is 0.161. The van der Waals surface area contributed by atoms with Gasteiger partial charge < -0.3 is 10.5 Å². The molecule has 0 amide bonds. The summed E-state index contributed by atoms with van der Waals surface area (Å²) in [5, 5.41) is 0. The number of aromatic nitrogens is 1. The number of rotatable bonds is 1. The Hall–Kier alpha value is -0.870. The molecule has 0 fully saturated rings. The van der Waals surface area contributed by atoms with Crippen molar-refractivity contribution in [2.75, 3.05) is 18.9 Å². The molecule has 1 aromatic rings. The summed E-state index contributed by atoms with van der Waals surface area (Å²) in [6.07, 6.45) is 4.69. The smallest absolute Gasteiger partial charge is 0.0890 e. The first kappa shape index (κ1) is 9.68. The van der Waals surface area contributed by atoms with Crippen LogP contribution in [0.2, 0.25) is 0 Å². The molecule has 2 heterocycles. The number of nitrogens with zero attached hydrogens (tertiary/aromatic N) is 1. The fraction of sp³-hybridized carbons (Fsp3) is 0.300. The highest BCUT2D eigenvalue weighted by molar-refractivity contribution is 9.10. The third-order valence-corrected chi connectivity index (χ3v) is 2.58. The van der Waals surface area contributed by atoms with Gasteiger partial charge in [-0.3, -0.25) is 4.98 Å². The van der Waals surface area contributed by atoms with Gasteiger partial charge in [0.15, 0.2) is 0 Å². The Morgan fingerprint density at radius 1 is 1.50 bits per heavy atom. The Morgan fingerprint density at radius 2 is 2.36 bits per heavy atom. The molecular formula is C10H11BrN2O. The Balaban J connectivity index is 2.35. The zero-order valence-corrected chi connectivity index (χ0v) is 9.25. The molecule has 2 rings (SSSR count). The van der Waals surface area contributed by atoms with Crippen molar-refractivity contribution in [2.24, 2.45) is 0 Å². The highest BCUT2D eigenvalue weighted by Gasteiger charge is 2.10. The van der Waals surface area contributed by atoms with Crippen molar-refractivity contribution >= 4 is 27.2 Å². The Labute approximate surface area is 91.1 Å². The molecule has 0 saturated carbocycles. The molecule has 14 heavy (non-hydrogen) atoms. The molecule has 74 valence electrons. The van der Waals surface area contributed by atoms with Crippen LogP contribution in [0, 0.1) is 0 Å². The predicted octanol–water partition coefficient (Wildman–Crippen LogP) is 2.23. The summed E-state index contributed by atoms with van der Waals surface area (Å²) in [7, 11) is 0. The van der Waals surface area contributed by atoms with Crippen LogP contribution in [0.15, 0.2) is 22.8 Å². The van der Waals surface area contributed by atoms with E-state index in [0.717, 1.165) is 23.2 Å². The molecule has 0 bridgehead atoms. The van der Waals surface area contributed by atoms with Crippen LogP contribution in [0.1, 0.15) is 12.1 Å². The van der Waals surface area contributed by atoms with Gasteiger partial charge in [0.1, 0.15) is 0 Å². The van der Waals surface area contributed by atoms with Crippen molar-refractivity contribution in [3.8, 4) is 0 Å². The fourth-order valence-electron chi connectivity index (χ4n) is 1.47. The molecule has 4 heteroatoms. The molecule has 1 aliphatic rings. The normalized spacial score (nSPS) is 16.5. The maximum absolute atomic E-state index is 5.88. The van der Waals surface area contributed by atoms with E-state index in [-0.39, 0.29) is 0 Å². The molecule has 0 spiro atoms. The first-order chi connectivity index (χ1) is 6.77. The van der Waals surface area contributed by atoms with E-state index in [4.69, 9.17) is 10.5 Å². The lowest BCUT2D eigenvalue weighted by Gasteiger charge is -2.14. The summed E-state index contributed by atoms with van der Waals surface area (Å²) in [6.45, 7) is 1.41. The minimum absolute atomic E-state index is 0.659. The van der Waals surface area contributed by atoms with Crippen LogP contribution in [-0.4, -0.2) is 18.2 Å². The van der Waals surface area contributed by atoms with E-state index in [0.29, 0.717) is 12.3 Å². The van der Waals surface area contributed by atoms with E-state index in [1.807, 2.05) is 12.1 Å². The van der Waals surface area contributed by atoms with Crippen molar-refractivity contribution in [1.29, 1.82) is 0 Å². The monoisotopic (exact) mass is 254 g/mol. The third-order valence-electron chi connectivity index (χ3n) is 2.15. The third kappa shape index (κ3) is 1.96. The summed E-state index contributed by atoms with van der Waals surface area (Å²) in [5.74, 6) is 0. The Kier molecular flexibility index (Phi) is 2.84. The number of anilines is 1. The number of pyridine rings is 1. The number of nitrogen functional groups attached to an aromatic ring is 1. The average Bonchev–Trinajstić information content (AvgIpc) is 2.19. The van der Waals surface area contributed by atoms with Crippen molar-refractivity contribution < 1.29 is 4.74 Å². The first-order valence-corrected chi connectivity index (χ1v) is 5.25. The number of ether oxygens (including phenoxy) is 1. The lowest BCUT2D eigenvalue weighted by Crippen LogP contribution is -2.06. The van der Waals surface area contributed by atoms with Gasteiger partial charge >= 0.3 is 0 Å². The van der Waals surface area contributed by atoms with Crippen LogP contribution in [0.5, 0.6) is 0 Å². The van der Waals surface area contributed by atoms with Crippen molar-refractivity contribution in [3.63, 3.8) is 0 Å². The molecule has 3 nitrogen and oxygen atoms in total. The number of halogens is 1. The van der Waals surface area contributed by atoms with E-state index >= 15 is 0 Å². The van der Waals surface area contributed by atoms with Crippen molar-refractivity contribution in [3.05, 3.63) is 28.5 Å². The molecule has 0 unspecified atom stereocenters. The van der Waals surface area contributed by atoms with Crippen LogP contribution in [0.25, 0.3) is 5.57 Å². The standard InChI is InChI=1S/C10H11BrN2O/c11-8-5-9(12)10(13-6-8)7-1-3-14-4-2-7/h1,5-6H,2-4,12H2. The van der Waals surface area contributed by atoms with E-state index in [2.05, 4.69) is 20.9 Å². The minimum Gasteiger partial charge on any atom is -0.397 e. The van der Waals surface area contributed by atoms with Gasteiger partial charge in [-0.05, 0) is 34.0 Å². The predicted molar refractivity (Wildman–Crippen MR) is 59.8 cm³/mol. The van der Waals surface area contributed by atoms with Crippen LogP contribution >= 0.6 is 15.9 Å².